The van der Waals surface area contributed by atoms with Crippen molar-refractivity contribution in [3.05, 3.63) is 0 Å². The van der Waals surface area contributed by atoms with E-state index < -0.39 is 24.7 Å². The van der Waals surface area contributed by atoms with E-state index in [2.05, 4.69) is 10.6 Å². The Kier molecular flexibility index (Phi) is 8.21. The van der Waals surface area contributed by atoms with Gasteiger partial charge < -0.3 is 16.0 Å². The molecule has 0 saturated heterocycles. The smallest absolute Gasteiger partial charge is 0.356 e. The molecule has 0 aliphatic carbocycles. The zero-order valence-corrected chi connectivity index (χ0v) is 11.9. The first-order valence-electron chi connectivity index (χ1n) is 6.46. The van der Waals surface area contributed by atoms with Gasteiger partial charge in [-0.3, -0.25) is 9.59 Å². The standard InChI is InChI=1S/C12H22F3N3O2/c1-8(2)6-17-10(19)4-5-16-9(3)11(20)18-7-12(13,14)15/h8-9,16H,4-7H2,1-3H3,(H,17,19)(H,18,20). The maximum atomic E-state index is 11.9. The zero-order valence-electron chi connectivity index (χ0n) is 11.9. The second-order valence-corrected chi connectivity index (χ2v) is 4.96. The molecule has 0 aliphatic rings. The van der Waals surface area contributed by atoms with E-state index >= 15 is 0 Å². The Morgan fingerprint density at radius 3 is 2.20 bits per heavy atom. The van der Waals surface area contributed by atoms with E-state index in [4.69, 9.17) is 0 Å². The second kappa shape index (κ2) is 8.78. The molecule has 118 valence electrons. The number of rotatable bonds is 8. The summed E-state index contributed by atoms with van der Waals surface area (Å²) < 4.78 is 35.7. The number of carbonyl (C=O) groups is 2. The number of carbonyl (C=O) groups excluding carboxylic acids is 2. The third-order valence-electron chi connectivity index (χ3n) is 2.37. The highest BCUT2D eigenvalue weighted by atomic mass is 19.4. The fraction of sp³-hybridized carbons (Fsp3) is 0.833. The highest BCUT2D eigenvalue weighted by Gasteiger charge is 2.28. The van der Waals surface area contributed by atoms with Crippen LogP contribution < -0.4 is 16.0 Å². The van der Waals surface area contributed by atoms with Crippen molar-refractivity contribution in [2.45, 2.75) is 39.4 Å². The molecule has 3 N–H and O–H groups in total. The maximum Gasteiger partial charge on any atom is 0.405 e. The Morgan fingerprint density at radius 1 is 1.10 bits per heavy atom. The fourth-order valence-corrected chi connectivity index (χ4v) is 1.24. The summed E-state index contributed by atoms with van der Waals surface area (Å²) in [6.45, 7) is 4.81. The first-order chi connectivity index (χ1) is 9.11. The van der Waals surface area contributed by atoms with Crippen LogP contribution in [0.15, 0.2) is 0 Å². The molecule has 1 atom stereocenters. The van der Waals surface area contributed by atoms with E-state index in [1.54, 1.807) is 5.32 Å². The second-order valence-electron chi connectivity index (χ2n) is 4.96. The number of hydrogen-bond acceptors (Lipinski definition) is 3. The van der Waals surface area contributed by atoms with Gasteiger partial charge in [-0.1, -0.05) is 13.8 Å². The summed E-state index contributed by atoms with van der Waals surface area (Å²) >= 11 is 0. The largest absolute Gasteiger partial charge is 0.405 e. The van der Waals surface area contributed by atoms with Crippen LogP contribution in [0.25, 0.3) is 0 Å². The zero-order chi connectivity index (χ0) is 15.8. The van der Waals surface area contributed by atoms with Crippen LogP contribution in [0.2, 0.25) is 0 Å². The van der Waals surface area contributed by atoms with Gasteiger partial charge in [-0.15, -0.1) is 0 Å². The molecule has 2 amide bonds. The molecule has 0 aromatic rings. The van der Waals surface area contributed by atoms with Gasteiger partial charge in [0.25, 0.3) is 0 Å². The van der Waals surface area contributed by atoms with Crippen molar-refractivity contribution in [1.29, 1.82) is 0 Å². The molecule has 0 aliphatic heterocycles. The molecular formula is C12H22F3N3O2. The Hall–Kier alpha value is -1.31. The van der Waals surface area contributed by atoms with Crippen molar-refractivity contribution in [3.8, 4) is 0 Å². The molecule has 0 heterocycles. The van der Waals surface area contributed by atoms with Crippen LogP contribution >= 0.6 is 0 Å². The summed E-state index contributed by atoms with van der Waals surface area (Å²) in [5.74, 6) is -0.557. The minimum absolute atomic E-state index is 0.158. The minimum Gasteiger partial charge on any atom is -0.356 e. The van der Waals surface area contributed by atoms with Crippen molar-refractivity contribution in [3.63, 3.8) is 0 Å². The molecule has 0 bridgehead atoms. The normalized spacial score (nSPS) is 13.2. The first-order valence-corrected chi connectivity index (χ1v) is 6.46. The third-order valence-corrected chi connectivity index (χ3v) is 2.37. The van der Waals surface area contributed by atoms with Gasteiger partial charge in [-0.2, -0.15) is 13.2 Å². The number of halogens is 3. The van der Waals surface area contributed by atoms with E-state index in [0.717, 1.165) is 0 Å². The van der Waals surface area contributed by atoms with Crippen molar-refractivity contribution < 1.29 is 22.8 Å². The lowest BCUT2D eigenvalue weighted by Crippen LogP contribution is -2.46. The van der Waals surface area contributed by atoms with Gasteiger partial charge >= 0.3 is 6.18 Å². The van der Waals surface area contributed by atoms with Crippen LogP contribution in [0.3, 0.4) is 0 Å². The van der Waals surface area contributed by atoms with Gasteiger partial charge in [0.15, 0.2) is 0 Å². The first kappa shape index (κ1) is 18.7. The molecule has 8 heteroatoms. The van der Waals surface area contributed by atoms with E-state index in [1.165, 1.54) is 6.92 Å². The molecule has 0 spiro atoms. The lowest BCUT2D eigenvalue weighted by Gasteiger charge is -2.15. The Labute approximate surface area is 116 Å². The molecule has 1 unspecified atom stereocenters. The van der Waals surface area contributed by atoms with Gasteiger partial charge in [0.05, 0.1) is 6.04 Å². The van der Waals surface area contributed by atoms with Crippen LogP contribution in [0.5, 0.6) is 0 Å². The Bertz CT molecular complexity index is 320. The number of amides is 2. The molecule has 0 fully saturated rings. The van der Waals surface area contributed by atoms with Crippen molar-refractivity contribution in [2.75, 3.05) is 19.6 Å². The van der Waals surface area contributed by atoms with Crippen LogP contribution in [0, 0.1) is 5.92 Å². The number of hydrogen-bond donors (Lipinski definition) is 3. The lowest BCUT2D eigenvalue weighted by atomic mass is 10.2. The molecule has 0 radical (unpaired) electrons. The van der Waals surface area contributed by atoms with E-state index in [9.17, 15) is 22.8 Å². The Morgan fingerprint density at radius 2 is 1.70 bits per heavy atom. The van der Waals surface area contributed by atoms with Gasteiger partial charge in [0.1, 0.15) is 6.54 Å². The molecule has 0 saturated carbocycles. The van der Waals surface area contributed by atoms with Crippen molar-refractivity contribution in [2.24, 2.45) is 5.92 Å². The summed E-state index contributed by atoms with van der Waals surface area (Å²) in [5, 5.41) is 7.17. The van der Waals surface area contributed by atoms with Gasteiger partial charge in [0.2, 0.25) is 11.8 Å². The van der Waals surface area contributed by atoms with Gasteiger partial charge in [0, 0.05) is 19.5 Å². The fourth-order valence-electron chi connectivity index (χ4n) is 1.24. The van der Waals surface area contributed by atoms with Crippen molar-refractivity contribution in [1.82, 2.24) is 16.0 Å². The maximum absolute atomic E-state index is 11.9. The average molecular weight is 297 g/mol. The van der Waals surface area contributed by atoms with Gasteiger partial charge in [-0.05, 0) is 12.8 Å². The Balaban J connectivity index is 3.79. The third kappa shape index (κ3) is 10.6. The van der Waals surface area contributed by atoms with E-state index in [-0.39, 0.29) is 18.9 Å². The lowest BCUT2D eigenvalue weighted by molar-refractivity contribution is -0.139. The van der Waals surface area contributed by atoms with E-state index in [1.807, 2.05) is 13.8 Å². The van der Waals surface area contributed by atoms with Crippen LogP contribution in [-0.4, -0.2) is 43.7 Å². The molecule has 0 rings (SSSR count). The molecule has 5 nitrogen and oxygen atoms in total. The quantitative estimate of drug-likeness (QED) is 0.621. The summed E-state index contributed by atoms with van der Waals surface area (Å²) in [5.41, 5.74) is 0. The highest BCUT2D eigenvalue weighted by Crippen LogP contribution is 2.12. The predicted octanol–water partition coefficient (Wildman–Crippen LogP) is 0.805. The van der Waals surface area contributed by atoms with Crippen LogP contribution in [-0.2, 0) is 9.59 Å². The molecule has 20 heavy (non-hydrogen) atoms. The summed E-state index contributed by atoms with van der Waals surface area (Å²) in [7, 11) is 0. The summed E-state index contributed by atoms with van der Waals surface area (Å²) in [6.07, 6.45) is -4.25. The van der Waals surface area contributed by atoms with Crippen molar-refractivity contribution >= 4 is 11.8 Å². The molecule has 0 aromatic carbocycles. The topological polar surface area (TPSA) is 70.2 Å². The summed E-state index contributed by atoms with van der Waals surface area (Å²) in [6, 6.07) is -0.782. The number of alkyl halides is 3. The average Bonchev–Trinajstić information content (AvgIpc) is 2.32. The monoisotopic (exact) mass is 297 g/mol. The van der Waals surface area contributed by atoms with Gasteiger partial charge in [-0.25, -0.2) is 0 Å². The molecule has 0 aromatic heterocycles. The predicted molar refractivity (Wildman–Crippen MR) is 69.0 cm³/mol. The minimum atomic E-state index is -4.42. The molecular weight excluding hydrogens is 275 g/mol. The van der Waals surface area contributed by atoms with E-state index in [0.29, 0.717) is 12.5 Å². The van der Waals surface area contributed by atoms with Crippen LogP contribution in [0.4, 0.5) is 13.2 Å². The SMILES string of the molecule is CC(C)CNC(=O)CCNC(C)C(=O)NCC(F)(F)F. The summed E-state index contributed by atoms with van der Waals surface area (Å²) in [4.78, 5) is 22.7. The number of nitrogens with one attached hydrogen (secondary N) is 3. The highest BCUT2D eigenvalue weighted by molar-refractivity contribution is 5.81. The van der Waals surface area contributed by atoms with Crippen LogP contribution in [0.1, 0.15) is 27.2 Å².